The number of amides is 1. The van der Waals surface area contributed by atoms with Crippen molar-refractivity contribution in [2.45, 2.75) is 12.5 Å². The van der Waals surface area contributed by atoms with E-state index in [1.807, 2.05) is 12.1 Å². The first-order valence-electron chi connectivity index (χ1n) is 6.05. The van der Waals surface area contributed by atoms with Gasteiger partial charge in [0.2, 0.25) is 5.91 Å². The largest absolute Gasteiger partial charge is 0.389 e. The molecule has 6 heteroatoms. The van der Waals surface area contributed by atoms with Crippen LogP contribution in [0.4, 0.5) is 5.69 Å². The Hall–Kier alpha value is -1.50. The minimum atomic E-state index is -0.121. The number of para-hydroxylation sites is 1. The van der Waals surface area contributed by atoms with E-state index in [1.165, 1.54) is 0 Å². The summed E-state index contributed by atoms with van der Waals surface area (Å²) >= 11 is 4.94. The first-order valence-corrected chi connectivity index (χ1v) is 6.45. The van der Waals surface area contributed by atoms with Crippen molar-refractivity contribution in [2.24, 2.45) is 5.73 Å². The summed E-state index contributed by atoms with van der Waals surface area (Å²) < 4.78 is 10.4. The van der Waals surface area contributed by atoms with Crippen LogP contribution in [-0.2, 0) is 14.3 Å². The number of carbonyl (C=O) groups is 1. The molecule has 1 aromatic rings. The van der Waals surface area contributed by atoms with Gasteiger partial charge in [-0.15, -0.1) is 0 Å². The lowest BCUT2D eigenvalue weighted by Gasteiger charge is -2.25. The SMILES string of the molecule is NC(=S)c1ccccc1NC(=O)CCOC1COC1. The lowest BCUT2D eigenvalue weighted by molar-refractivity contribution is -0.135. The maximum Gasteiger partial charge on any atom is 0.226 e. The fourth-order valence-electron chi connectivity index (χ4n) is 1.65. The van der Waals surface area contributed by atoms with E-state index in [9.17, 15) is 4.79 Å². The summed E-state index contributed by atoms with van der Waals surface area (Å²) in [5, 5.41) is 2.78. The zero-order chi connectivity index (χ0) is 13.7. The molecule has 1 amide bonds. The van der Waals surface area contributed by atoms with Crippen LogP contribution in [0.5, 0.6) is 0 Å². The number of hydrogen-bond acceptors (Lipinski definition) is 4. The van der Waals surface area contributed by atoms with Crippen molar-refractivity contribution in [2.75, 3.05) is 25.1 Å². The van der Waals surface area contributed by atoms with Crippen LogP contribution >= 0.6 is 12.2 Å². The molecular weight excluding hydrogens is 264 g/mol. The third-order valence-electron chi connectivity index (χ3n) is 2.76. The van der Waals surface area contributed by atoms with E-state index in [0.717, 1.165) is 0 Å². The van der Waals surface area contributed by atoms with Gasteiger partial charge in [0.1, 0.15) is 11.1 Å². The van der Waals surface area contributed by atoms with E-state index in [2.05, 4.69) is 5.32 Å². The lowest BCUT2D eigenvalue weighted by atomic mass is 10.1. The lowest BCUT2D eigenvalue weighted by Crippen LogP contribution is -2.36. The van der Waals surface area contributed by atoms with Crippen LogP contribution in [0.3, 0.4) is 0 Å². The number of nitrogens with two attached hydrogens (primary N) is 1. The molecule has 2 rings (SSSR count). The van der Waals surface area contributed by atoms with Gasteiger partial charge in [0.15, 0.2) is 0 Å². The predicted molar refractivity (Wildman–Crippen MR) is 76.1 cm³/mol. The number of rotatable bonds is 6. The van der Waals surface area contributed by atoms with Crippen LogP contribution in [0.2, 0.25) is 0 Å². The summed E-state index contributed by atoms with van der Waals surface area (Å²) in [6, 6.07) is 7.19. The summed E-state index contributed by atoms with van der Waals surface area (Å²) in [4.78, 5) is 12.0. The van der Waals surface area contributed by atoms with Gasteiger partial charge in [0.05, 0.1) is 31.9 Å². The van der Waals surface area contributed by atoms with Crippen molar-refractivity contribution in [1.82, 2.24) is 0 Å². The highest BCUT2D eigenvalue weighted by atomic mass is 32.1. The Labute approximate surface area is 117 Å². The highest BCUT2D eigenvalue weighted by molar-refractivity contribution is 7.80. The first-order chi connectivity index (χ1) is 9.16. The Balaban J connectivity index is 1.82. The minimum absolute atomic E-state index is 0.121. The monoisotopic (exact) mass is 280 g/mol. The van der Waals surface area contributed by atoms with Crippen molar-refractivity contribution in [1.29, 1.82) is 0 Å². The Morgan fingerprint density at radius 2 is 2.21 bits per heavy atom. The number of nitrogens with one attached hydrogen (secondary N) is 1. The van der Waals surface area contributed by atoms with E-state index >= 15 is 0 Å². The smallest absolute Gasteiger partial charge is 0.226 e. The standard InChI is InChI=1S/C13H16N2O3S/c14-13(19)10-3-1-2-4-11(10)15-12(16)5-6-18-9-7-17-8-9/h1-4,9H,5-8H2,(H2,14,19)(H,15,16). The molecule has 1 heterocycles. The van der Waals surface area contributed by atoms with Crippen LogP contribution in [0.25, 0.3) is 0 Å². The van der Waals surface area contributed by atoms with Gasteiger partial charge < -0.3 is 20.5 Å². The van der Waals surface area contributed by atoms with E-state index in [4.69, 9.17) is 27.4 Å². The molecule has 19 heavy (non-hydrogen) atoms. The Morgan fingerprint density at radius 3 is 2.84 bits per heavy atom. The van der Waals surface area contributed by atoms with Crippen molar-refractivity contribution in [3.05, 3.63) is 29.8 Å². The quantitative estimate of drug-likeness (QED) is 0.762. The van der Waals surface area contributed by atoms with E-state index < -0.39 is 0 Å². The van der Waals surface area contributed by atoms with Gasteiger partial charge in [0.25, 0.3) is 0 Å². The molecule has 5 nitrogen and oxygen atoms in total. The molecule has 0 aliphatic carbocycles. The van der Waals surface area contributed by atoms with Gasteiger partial charge in [-0.25, -0.2) is 0 Å². The topological polar surface area (TPSA) is 73.6 Å². The molecule has 1 aliphatic rings. The molecule has 102 valence electrons. The number of hydrogen-bond donors (Lipinski definition) is 2. The number of benzene rings is 1. The van der Waals surface area contributed by atoms with Gasteiger partial charge in [0, 0.05) is 5.56 Å². The molecule has 1 fully saturated rings. The second kappa shape index (κ2) is 6.60. The molecule has 3 N–H and O–H groups in total. The maximum absolute atomic E-state index is 11.8. The molecule has 0 radical (unpaired) electrons. The van der Waals surface area contributed by atoms with Crippen LogP contribution in [0.1, 0.15) is 12.0 Å². The Bertz CT molecular complexity index is 475. The summed E-state index contributed by atoms with van der Waals surface area (Å²) in [5.74, 6) is -0.121. The summed E-state index contributed by atoms with van der Waals surface area (Å²) in [6.45, 7) is 1.62. The van der Waals surface area contributed by atoms with Gasteiger partial charge in [-0.2, -0.15) is 0 Å². The molecule has 1 saturated heterocycles. The van der Waals surface area contributed by atoms with Gasteiger partial charge in [-0.3, -0.25) is 4.79 Å². The third kappa shape index (κ3) is 3.99. The second-order valence-electron chi connectivity index (χ2n) is 4.24. The zero-order valence-electron chi connectivity index (χ0n) is 10.4. The van der Waals surface area contributed by atoms with Gasteiger partial charge in [-0.05, 0) is 12.1 Å². The molecule has 1 aromatic carbocycles. The highest BCUT2D eigenvalue weighted by Crippen LogP contribution is 2.15. The second-order valence-corrected chi connectivity index (χ2v) is 4.68. The van der Waals surface area contributed by atoms with Crippen molar-refractivity contribution < 1.29 is 14.3 Å². The molecule has 0 atom stereocenters. The van der Waals surface area contributed by atoms with Crippen LogP contribution in [-0.4, -0.2) is 36.8 Å². The summed E-state index contributed by atoms with van der Waals surface area (Å²) in [7, 11) is 0. The molecule has 1 aliphatic heterocycles. The van der Waals surface area contributed by atoms with Crippen LogP contribution in [0, 0.1) is 0 Å². The van der Waals surface area contributed by atoms with Crippen molar-refractivity contribution in [3.63, 3.8) is 0 Å². The summed E-state index contributed by atoms with van der Waals surface area (Å²) in [5.41, 5.74) is 6.89. The molecular formula is C13H16N2O3S. The Morgan fingerprint density at radius 1 is 1.47 bits per heavy atom. The average Bonchev–Trinajstić information content (AvgIpc) is 2.32. The van der Waals surface area contributed by atoms with E-state index in [-0.39, 0.29) is 17.0 Å². The van der Waals surface area contributed by atoms with Crippen molar-refractivity contribution >= 4 is 28.8 Å². The molecule has 0 bridgehead atoms. The molecule has 0 aromatic heterocycles. The van der Waals surface area contributed by atoms with Crippen LogP contribution in [0.15, 0.2) is 24.3 Å². The van der Waals surface area contributed by atoms with Crippen molar-refractivity contribution in [3.8, 4) is 0 Å². The van der Waals surface area contributed by atoms with Crippen LogP contribution < -0.4 is 11.1 Å². The molecule has 0 unspecified atom stereocenters. The number of thiocarbonyl (C=S) groups is 1. The fourth-order valence-corrected chi connectivity index (χ4v) is 1.83. The average molecular weight is 280 g/mol. The van der Waals surface area contributed by atoms with E-state index in [0.29, 0.717) is 37.5 Å². The van der Waals surface area contributed by atoms with Gasteiger partial charge >= 0.3 is 0 Å². The minimum Gasteiger partial charge on any atom is -0.389 e. The molecule has 0 spiro atoms. The van der Waals surface area contributed by atoms with E-state index in [1.54, 1.807) is 12.1 Å². The zero-order valence-corrected chi connectivity index (χ0v) is 11.2. The normalized spacial score (nSPS) is 14.7. The summed E-state index contributed by atoms with van der Waals surface area (Å²) in [6.07, 6.45) is 0.430. The molecule has 0 saturated carbocycles. The first kappa shape index (κ1) is 13.9. The number of anilines is 1. The Kier molecular flexibility index (Phi) is 4.84. The predicted octanol–water partition coefficient (Wildman–Crippen LogP) is 1.06. The number of carbonyl (C=O) groups excluding carboxylic acids is 1. The number of ether oxygens (including phenoxy) is 2. The highest BCUT2D eigenvalue weighted by Gasteiger charge is 2.18. The fraction of sp³-hybridized carbons (Fsp3) is 0.385. The third-order valence-corrected chi connectivity index (χ3v) is 2.98. The maximum atomic E-state index is 11.8. The van der Waals surface area contributed by atoms with Gasteiger partial charge in [-0.1, -0.05) is 24.4 Å².